The van der Waals surface area contributed by atoms with Crippen LogP contribution in [0, 0.1) is 6.92 Å². The average molecular weight is 1210 g/mol. The number of aromatic hydroxyl groups is 1. The van der Waals surface area contributed by atoms with Gasteiger partial charge < -0.3 is 9.84 Å². The van der Waals surface area contributed by atoms with Gasteiger partial charge >= 0.3 is 0 Å². The number of nitrogens with one attached hydrogen (secondary N) is 1. The molecule has 7 aromatic carbocycles. The highest BCUT2D eigenvalue weighted by Gasteiger charge is 2.28. The highest BCUT2D eigenvalue weighted by Crippen LogP contribution is 2.44. The fraction of sp³-hybridized carbons (Fsp3) is 0.106. The van der Waals surface area contributed by atoms with E-state index in [1.54, 1.807) is 19.1 Å². The number of aryl methyl sites for hydroxylation is 1. The second kappa shape index (κ2) is 21.5. The van der Waals surface area contributed by atoms with Crippen LogP contribution in [0.4, 0.5) is 33.6 Å². The summed E-state index contributed by atoms with van der Waals surface area (Å²) in [6, 6.07) is 24.8. The molecule has 414 valence electrons. The lowest BCUT2D eigenvalue weighted by molar-refractivity contribution is 0.310. The fourth-order valence-electron chi connectivity index (χ4n) is 8.08. The molecule has 0 aliphatic heterocycles. The molecule has 9 aromatic rings. The lowest BCUT2D eigenvalue weighted by Crippen LogP contribution is -2.15. The second-order valence-electron chi connectivity index (χ2n) is 17.2. The number of benzene rings is 7. The molecule has 0 bridgehead atoms. The van der Waals surface area contributed by atoms with Crippen LogP contribution >= 0.6 is 11.3 Å². The number of thiazole rings is 1. The van der Waals surface area contributed by atoms with E-state index in [2.05, 4.69) is 40.8 Å². The Bertz CT molecular complexity index is 4740. The normalized spacial score (nSPS) is 13.0. The molecule has 0 amide bonds. The van der Waals surface area contributed by atoms with Crippen LogP contribution in [0.3, 0.4) is 0 Å². The van der Waals surface area contributed by atoms with Crippen molar-refractivity contribution < 1.29 is 74.7 Å². The van der Waals surface area contributed by atoms with Crippen LogP contribution in [0.25, 0.3) is 48.7 Å². The van der Waals surface area contributed by atoms with Crippen molar-refractivity contribution in [3.63, 3.8) is 0 Å². The van der Waals surface area contributed by atoms with Gasteiger partial charge in [-0.3, -0.25) is 32.7 Å². The van der Waals surface area contributed by atoms with E-state index in [9.17, 15) is 70.2 Å². The minimum absolute atomic E-state index is 0.0456. The van der Waals surface area contributed by atoms with Gasteiger partial charge in [0.05, 0.1) is 44.5 Å². The molecular formula is C47H37N9O18S6. The second-order valence-corrected chi connectivity index (χ2v) is 25.3. The van der Waals surface area contributed by atoms with Gasteiger partial charge in [-0.1, -0.05) is 59.9 Å². The highest BCUT2D eigenvalue weighted by molar-refractivity contribution is 7.87. The van der Waals surface area contributed by atoms with Gasteiger partial charge in [-0.25, -0.2) is 9.67 Å². The predicted molar refractivity (Wildman–Crippen MR) is 289 cm³/mol. The number of hydrogen-bond donors (Lipinski definition) is 7. The zero-order valence-electron chi connectivity index (χ0n) is 40.4. The molecule has 7 N–H and O–H groups in total. The summed E-state index contributed by atoms with van der Waals surface area (Å²) < 4.78 is 181. The van der Waals surface area contributed by atoms with Crippen molar-refractivity contribution >= 4 is 127 Å². The van der Waals surface area contributed by atoms with Crippen LogP contribution < -0.4 is 10.3 Å². The summed E-state index contributed by atoms with van der Waals surface area (Å²) in [5.74, 6) is -1.05. The Morgan fingerprint density at radius 1 is 0.600 bits per heavy atom. The molecule has 0 spiro atoms. The number of azo groups is 3. The summed E-state index contributed by atoms with van der Waals surface area (Å²) in [6.45, 7) is 1.65. The molecule has 2 heterocycles. The molecule has 0 saturated carbocycles. The first-order chi connectivity index (χ1) is 37.5. The predicted octanol–water partition coefficient (Wildman–Crippen LogP) is 10.0. The lowest BCUT2D eigenvalue weighted by atomic mass is 10.1. The van der Waals surface area contributed by atoms with Crippen LogP contribution in [0.1, 0.15) is 18.4 Å². The van der Waals surface area contributed by atoms with E-state index in [0.29, 0.717) is 39.3 Å². The standard InChI is InChI=1S/C47H37N9O18S6/c1-25-19-37(38(74-17-7-8-18-76(59,60)61)24-36(25)51-54-47-48-33-11-5-6-12-39(33)75-47)52-49-34-15-14-30-29(44(34)57)13-16-35(45(30)80(71,72)73)50-53-43-42(26-9-3-2-4-10-26)55-56(46(43)58)27-20-31-32(40(21-27)78(65,66)67)22-28(77(62,63)64)23-41(31)79(68,69)70/h2-6,9-16,19-24,55,57H,7-8,17-18H2,1H3,(H,59,60,61)(H,62,63,64)(H,65,66,67)(H,68,69,70)(H,71,72,73). The Kier molecular flexibility index (Phi) is 15.2. The maximum absolute atomic E-state index is 14.4. The van der Waals surface area contributed by atoms with Crippen LogP contribution in [-0.2, 0) is 50.6 Å². The van der Waals surface area contributed by atoms with Gasteiger partial charge in [-0.2, -0.15) is 42.1 Å². The number of ether oxygens (including phenoxy) is 1. The molecule has 9 rings (SSSR count). The third-order valence-electron chi connectivity index (χ3n) is 11.7. The van der Waals surface area contributed by atoms with Crippen LogP contribution in [0.2, 0.25) is 0 Å². The van der Waals surface area contributed by atoms with E-state index in [1.807, 2.05) is 24.3 Å². The SMILES string of the molecule is Cc1cc(N=Nc2ccc3c(S(=O)(=O)O)c(N=Nc4c(-c5ccccc5)[nH]n(-c5cc(S(=O)(=O)O)c6cc(S(=O)(=O)O)cc(S(=O)(=O)O)c6c5)c4=O)ccc3c2O)c(OCCCCS(=O)(=O)O)cc1N=Nc1nc2ccccc2s1. The number of aromatic amines is 1. The number of phenols is 1. The number of fused-ring (bicyclic) bond motifs is 3. The fourth-order valence-corrected chi connectivity index (χ4v) is 12.3. The van der Waals surface area contributed by atoms with Crippen LogP contribution in [-0.4, -0.2) is 97.1 Å². The van der Waals surface area contributed by atoms with Gasteiger partial charge in [0.2, 0.25) is 5.13 Å². The number of hydrogen-bond acceptors (Lipinski definition) is 21. The summed E-state index contributed by atoms with van der Waals surface area (Å²) >= 11 is 1.31. The van der Waals surface area contributed by atoms with E-state index >= 15 is 0 Å². The van der Waals surface area contributed by atoms with E-state index < -0.39 is 115 Å². The third kappa shape index (κ3) is 12.2. The lowest BCUT2D eigenvalue weighted by Gasteiger charge is -2.13. The molecule has 2 aromatic heterocycles. The number of H-pyrrole nitrogens is 1. The summed E-state index contributed by atoms with van der Waals surface area (Å²) in [7, 11) is -25.7. The average Bonchev–Trinajstić information content (AvgIpc) is 4.11. The maximum Gasteiger partial charge on any atom is 0.299 e. The first-order valence-electron chi connectivity index (χ1n) is 22.6. The van der Waals surface area contributed by atoms with Gasteiger partial charge in [-0.05, 0) is 86.0 Å². The summed E-state index contributed by atoms with van der Waals surface area (Å²) in [5, 5.41) is 37.6. The Balaban J connectivity index is 1.11. The molecule has 0 aliphatic carbocycles. The van der Waals surface area contributed by atoms with Crippen molar-refractivity contribution in [1.82, 2.24) is 14.8 Å². The van der Waals surface area contributed by atoms with Crippen molar-refractivity contribution in [3.05, 3.63) is 131 Å². The quantitative estimate of drug-likeness (QED) is 0.0238. The number of para-hydroxylation sites is 1. The molecule has 27 nitrogen and oxygen atoms in total. The van der Waals surface area contributed by atoms with Crippen molar-refractivity contribution in [1.29, 1.82) is 0 Å². The Morgan fingerprint density at radius 3 is 1.90 bits per heavy atom. The Hall–Kier alpha value is -8.09. The molecular weight excluding hydrogens is 1170 g/mol. The summed E-state index contributed by atoms with van der Waals surface area (Å²) in [5.41, 5.74) is -1.49. The number of aromatic nitrogens is 3. The van der Waals surface area contributed by atoms with Crippen molar-refractivity contribution in [2.45, 2.75) is 39.3 Å². The third-order valence-corrected chi connectivity index (χ3v) is 17.0. The Labute approximate surface area is 456 Å². The smallest absolute Gasteiger partial charge is 0.299 e. The summed E-state index contributed by atoms with van der Waals surface area (Å²) in [6.07, 6.45) is 0.243. The van der Waals surface area contributed by atoms with E-state index in [1.165, 1.54) is 47.7 Å². The maximum atomic E-state index is 14.4. The van der Waals surface area contributed by atoms with Gasteiger partial charge in [-0.15, -0.1) is 30.7 Å². The van der Waals surface area contributed by atoms with Crippen molar-refractivity contribution in [2.24, 2.45) is 30.7 Å². The molecule has 0 saturated heterocycles. The van der Waals surface area contributed by atoms with Gasteiger partial charge in [0.15, 0.2) is 11.4 Å². The minimum Gasteiger partial charge on any atom is -0.505 e. The first kappa shape index (κ1) is 56.6. The van der Waals surface area contributed by atoms with Crippen LogP contribution in [0.5, 0.6) is 11.5 Å². The van der Waals surface area contributed by atoms with Crippen LogP contribution in [0.15, 0.2) is 170 Å². The minimum atomic E-state index is -5.45. The molecule has 0 aliphatic rings. The molecule has 0 radical (unpaired) electrons. The summed E-state index contributed by atoms with van der Waals surface area (Å²) in [4.78, 5) is 14.3. The topological polar surface area (TPSA) is 426 Å². The zero-order chi connectivity index (χ0) is 57.7. The van der Waals surface area contributed by atoms with E-state index in [-0.39, 0.29) is 58.6 Å². The molecule has 0 fully saturated rings. The monoisotopic (exact) mass is 1210 g/mol. The van der Waals surface area contributed by atoms with Crippen molar-refractivity contribution in [2.75, 3.05) is 12.4 Å². The highest BCUT2D eigenvalue weighted by atomic mass is 32.2. The van der Waals surface area contributed by atoms with E-state index in [4.69, 9.17) is 9.29 Å². The van der Waals surface area contributed by atoms with Crippen molar-refractivity contribution in [3.8, 4) is 28.4 Å². The van der Waals surface area contributed by atoms with Gasteiger partial charge in [0.25, 0.3) is 56.1 Å². The van der Waals surface area contributed by atoms with E-state index in [0.717, 1.165) is 34.5 Å². The number of phenolic OH excluding ortho intramolecular Hbond substituents is 1. The molecule has 33 heteroatoms. The Morgan fingerprint density at radius 2 is 1.23 bits per heavy atom. The first-order valence-corrected chi connectivity index (χ1v) is 30.8. The molecule has 0 atom stereocenters. The molecule has 0 unspecified atom stereocenters. The largest absolute Gasteiger partial charge is 0.505 e. The zero-order valence-corrected chi connectivity index (χ0v) is 45.3. The number of unbranched alkanes of at least 4 members (excludes halogenated alkanes) is 1. The van der Waals surface area contributed by atoms with Gasteiger partial charge in [0.1, 0.15) is 37.5 Å². The number of rotatable bonds is 18. The van der Waals surface area contributed by atoms with Gasteiger partial charge in [0, 0.05) is 33.2 Å². The molecule has 80 heavy (non-hydrogen) atoms. The number of nitrogens with zero attached hydrogens (tertiary/aromatic N) is 8.